The molecule has 8 heteroatoms. The summed E-state index contributed by atoms with van der Waals surface area (Å²) in [6.45, 7) is 1.64. The number of benzene rings is 1. The minimum absolute atomic E-state index is 0.398. The molecule has 2 amide bonds. The second kappa shape index (κ2) is 6.76. The number of ether oxygens (including phenoxy) is 2. The SMILES string of the molecule is CON(C)C(=O)C1c2ccccc2N(C(=O)O)C(C)C1(OC)OC. The van der Waals surface area contributed by atoms with E-state index in [-0.39, 0.29) is 0 Å². The minimum atomic E-state index is -1.49. The van der Waals surface area contributed by atoms with Crippen LogP contribution in [0.15, 0.2) is 24.3 Å². The summed E-state index contributed by atoms with van der Waals surface area (Å²) in [5.74, 6) is -2.78. The average Bonchev–Trinajstić information content (AvgIpc) is 2.59. The van der Waals surface area contributed by atoms with Gasteiger partial charge in [0.05, 0.1) is 18.8 Å². The van der Waals surface area contributed by atoms with Gasteiger partial charge in [0.2, 0.25) is 5.79 Å². The molecule has 2 rings (SSSR count). The lowest BCUT2D eigenvalue weighted by molar-refractivity contribution is -0.242. The van der Waals surface area contributed by atoms with Gasteiger partial charge in [0.1, 0.15) is 5.92 Å². The normalized spacial score (nSPS) is 22.0. The topological polar surface area (TPSA) is 88.5 Å². The predicted octanol–water partition coefficient (Wildman–Crippen LogP) is 1.67. The van der Waals surface area contributed by atoms with E-state index in [0.717, 1.165) is 9.96 Å². The Balaban J connectivity index is 2.74. The van der Waals surface area contributed by atoms with Crippen LogP contribution >= 0.6 is 0 Å². The summed E-state index contributed by atoms with van der Waals surface area (Å²) in [5.41, 5.74) is 0.917. The molecule has 0 spiro atoms. The number of hydrogen-bond acceptors (Lipinski definition) is 5. The molecular formula is C16H22N2O6. The van der Waals surface area contributed by atoms with Crippen LogP contribution in [-0.4, -0.2) is 62.4 Å². The summed E-state index contributed by atoms with van der Waals surface area (Å²) in [6.07, 6.45) is -1.15. The van der Waals surface area contributed by atoms with Crippen molar-refractivity contribution in [1.29, 1.82) is 0 Å². The molecule has 1 heterocycles. The molecule has 24 heavy (non-hydrogen) atoms. The Bertz CT molecular complexity index is 631. The van der Waals surface area contributed by atoms with Crippen molar-refractivity contribution in [2.24, 2.45) is 0 Å². The van der Waals surface area contributed by atoms with Gasteiger partial charge in [-0.3, -0.25) is 14.5 Å². The number of rotatable bonds is 4. The fourth-order valence-corrected chi connectivity index (χ4v) is 3.30. The summed E-state index contributed by atoms with van der Waals surface area (Å²) in [6, 6.07) is 6.03. The highest BCUT2D eigenvalue weighted by molar-refractivity contribution is 5.94. The first-order valence-corrected chi connectivity index (χ1v) is 7.38. The fraction of sp³-hybridized carbons (Fsp3) is 0.500. The standard InChI is InChI=1S/C16H22N2O6/c1-10-16(22-3,23-4)13(14(19)17(2)24-5)11-8-6-7-9-12(11)18(10)15(20)21/h6-10,13H,1-5H3,(H,20,21). The molecule has 1 aliphatic rings. The van der Waals surface area contributed by atoms with Gasteiger partial charge in [-0.2, -0.15) is 0 Å². The lowest BCUT2D eigenvalue weighted by Gasteiger charge is -2.50. The van der Waals surface area contributed by atoms with Gasteiger partial charge in [-0.25, -0.2) is 9.86 Å². The van der Waals surface area contributed by atoms with Crippen LogP contribution in [0, 0.1) is 0 Å². The molecular weight excluding hydrogens is 316 g/mol. The quantitative estimate of drug-likeness (QED) is 0.663. The van der Waals surface area contributed by atoms with Gasteiger partial charge in [0, 0.05) is 21.3 Å². The predicted molar refractivity (Wildman–Crippen MR) is 85.7 cm³/mol. The van der Waals surface area contributed by atoms with Crippen molar-refractivity contribution in [1.82, 2.24) is 5.06 Å². The van der Waals surface area contributed by atoms with E-state index in [9.17, 15) is 14.7 Å². The molecule has 1 aromatic carbocycles. The zero-order chi connectivity index (χ0) is 18.1. The molecule has 0 saturated carbocycles. The Morgan fingerprint density at radius 2 is 1.79 bits per heavy atom. The summed E-state index contributed by atoms with van der Waals surface area (Å²) in [7, 11) is 5.64. The molecule has 8 nitrogen and oxygen atoms in total. The average molecular weight is 338 g/mol. The van der Waals surface area contributed by atoms with Gasteiger partial charge in [-0.05, 0) is 18.6 Å². The van der Waals surface area contributed by atoms with Crippen molar-refractivity contribution in [3.63, 3.8) is 0 Å². The monoisotopic (exact) mass is 338 g/mol. The maximum Gasteiger partial charge on any atom is 0.412 e. The molecule has 1 aromatic rings. The van der Waals surface area contributed by atoms with Crippen LogP contribution in [0.4, 0.5) is 10.5 Å². The maximum atomic E-state index is 12.9. The van der Waals surface area contributed by atoms with Crippen LogP contribution in [0.1, 0.15) is 18.4 Å². The Hall–Kier alpha value is -2.16. The third-order valence-electron chi connectivity index (χ3n) is 4.55. The van der Waals surface area contributed by atoms with Gasteiger partial charge in [-0.1, -0.05) is 18.2 Å². The highest BCUT2D eigenvalue weighted by atomic mass is 16.7. The highest BCUT2D eigenvalue weighted by Gasteiger charge is 2.57. The largest absolute Gasteiger partial charge is 0.465 e. The summed E-state index contributed by atoms with van der Waals surface area (Å²) < 4.78 is 11.2. The van der Waals surface area contributed by atoms with Gasteiger partial charge in [-0.15, -0.1) is 0 Å². The number of nitrogens with zero attached hydrogens (tertiary/aromatic N) is 2. The summed E-state index contributed by atoms with van der Waals surface area (Å²) >= 11 is 0. The van der Waals surface area contributed by atoms with Crippen LogP contribution in [0.25, 0.3) is 0 Å². The number of hydroxylamine groups is 2. The molecule has 0 saturated heterocycles. The zero-order valence-corrected chi connectivity index (χ0v) is 14.3. The number of para-hydroxylation sites is 1. The number of carbonyl (C=O) groups is 2. The molecule has 0 fully saturated rings. The first kappa shape index (κ1) is 18.2. The van der Waals surface area contributed by atoms with Crippen molar-refractivity contribution in [3.8, 4) is 0 Å². The van der Waals surface area contributed by atoms with E-state index in [1.54, 1.807) is 31.2 Å². The Morgan fingerprint density at radius 3 is 2.29 bits per heavy atom. The van der Waals surface area contributed by atoms with E-state index in [2.05, 4.69) is 0 Å². The van der Waals surface area contributed by atoms with E-state index in [0.29, 0.717) is 11.3 Å². The molecule has 0 radical (unpaired) electrons. The smallest absolute Gasteiger partial charge is 0.412 e. The number of amides is 2. The third-order valence-corrected chi connectivity index (χ3v) is 4.55. The Labute approximate surface area is 140 Å². The van der Waals surface area contributed by atoms with E-state index in [4.69, 9.17) is 14.3 Å². The maximum absolute atomic E-state index is 12.9. The molecule has 0 aliphatic carbocycles. The number of likely N-dealkylation sites (N-methyl/N-ethyl adjacent to an activating group) is 1. The minimum Gasteiger partial charge on any atom is -0.465 e. The Kier molecular flexibility index (Phi) is 5.12. The van der Waals surface area contributed by atoms with Gasteiger partial charge >= 0.3 is 6.09 Å². The first-order valence-electron chi connectivity index (χ1n) is 7.38. The number of anilines is 1. The molecule has 0 aromatic heterocycles. The van der Waals surface area contributed by atoms with E-state index in [1.807, 2.05) is 0 Å². The lowest BCUT2D eigenvalue weighted by Crippen LogP contribution is -2.64. The van der Waals surface area contributed by atoms with Gasteiger partial charge in [0.25, 0.3) is 5.91 Å². The number of methoxy groups -OCH3 is 2. The van der Waals surface area contributed by atoms with Crippen molar-refractivity contribution in [2.45, 2.75) is 24.7 Å². The van der Waals surface area contributed by atoms with Gasteiger partial charge < -0.3 is 14.6 Å². The molecule has 0 bridgehead atoms. The number of hydrogen-bond donors (Lipinski definition) is 1. The summed E-state index contributed by atoms with van der Waals surface area (Å²) in [4.78, 5) is 30.9. The third kappa shape index (κ3) is 2.52. The summed E-state index contributed by atoms with van der Waals surface area (Å²) in [5, 5.41) is 10.7. The van der Waals surface area contributed by atoms with Crippen molar-refractivity contribution in [2.75, 3.05) is 33.3 Å². The van der Waals surface area contributed by atoms with Gasteiger partial charge in [0.15, 0.2) is 0 Å². The van der Waals surface area contributed by atoms with Crippen LogP contribution < -0.4 is 4.90 Å². The van der Waals surface area contributed by atoms with E-state index >= 15 is 0 Å². The second-order valence-corrected chi connectivity index (χ2v) is 5.47. The molecule has 1 N–H and O–H groups in total. The van der Waals surface area contributed by atoms with Crippen LogP contribution in [0.5, 0.6) is 0 Å². The second-order valence-electron chi connectivity index (χ2n) is 5.47. The van der Waals surface area contributed by atoms with Crippen molar-refractivity contribution in [3.05, 3.63) is 29.8 Å². The van der Waals surface area contributed by atoms with Crippen LogP contribution in [0.3, 0.4) is 0 Å². The number of carbonyl (C=O) groups excluding carboxylic acids is 1. The molecule has 2 atom stereocenters. The first-order chi connectivity index (χ1) is 11.4. The zero-order valence-electron chi connectivity index (χ0n) is 14.3. The Morgan fingerprint density at radius 1 is 1.21 bits per heavy atom. The molecule has 1 aliphatic heterocycles. The highest BCUT2D eigenvalue weighted by Crippen LogP contribution is 2.47. The van der Waals surface area contributed by atoms with Crippen molar-refractivity contribution >= 4 is 17.7 Å². The van der Waals surface area contributed by atoms with Crippen LogP contribution in [0.2, 0.25) is 0 Å². The fourth-order valence-electron chi connectivity index (χ4n) is 3.30. The van der Waals surface area contributed by atoms with E-state index in [1.165, 1.54) is 28.4 Å². The lowest BCUT2D eigenvalue weighted by atomic mass is 9.79. The van der Waals surface area contributed by atoms with Crippen LogP contribution in [-0.2, 0) is 19.1 Å². The number of carboxylic acid groups (broad SMARTS) is 1. The molecule has 132 valence electrons. The number of fused-ring (bicyclic) bond motifs is 1. The molecule has 2 unspecified atom stereocenters. The van der Waals surface area contributed by atoms with E-state index < -0.39 is 29.7 Å². The van der Waals surface area contributed by atoms with Crippen molar-refractivity contribution < 1.29 is 29.0 Å².